The predicted molar refractivity (Wildman–Crippen MR) is 83.4 cm³/mol. The standard InChI is InChI=1S/C15H20N4OS/c1-20-7-6-16-9-15-17-11-18-19(15)10-13-8-12-4-2-3-5-14(12)21-13/h2-5,11,13,16H,6-10H2,1H3. The lowest BCUT2D eigenvalue weighted by Crippen LogP contribution is -2.23. The highest BCUT2D eigenvalue weighted by atomic mass is 32.2. The minimum atomic E-state index is 0.543. The number of hydrogen-bond donors (Lipinski definition) is 1. The molecule has 0 saturated carbocycles. The predicted octanol–water partition coefficient (Wildman–Crippen LogP) is 1.73. The number of ether oxygens (including phenoxy) is 1. The van der Waals surface area contributed by atoms with Gasteiger partial charge in [0, 0.05) is 23.8 Å². The average molecular weight is 304 g/mol. The summed E-state index contributed by atoms with van der Waals surface area (Å²) in [5, 5.41) is 8.22. The molecule has 1 atom stereocenters. The van der Waals surface area contributed by atoms with Crippen LogP contribution in [0.25, 0.3) is 0 Å². The number of methoxy groups -OCH3 is 1. The zero-order valence-corrected chi connectivity index (χ0v) is 13.0. The number of fused-ring (bicyclic) bond motifs is 1. The number of thioether (sulfide) groups is 1. The summed E-state index contributed by atoms with van der Waals surface area (Å²) in [7, 11) is 1.71. The Kier molecular flexibility index (Phi) is 4.90. The number of benzene rings is 1. The lowest BCUT2D eigenvalue weighted by atomic mass is 10.1. The molecule has 0 saturated heterocycles. The third-order valence-electron chi connectivity index (χ3n) is 3.55. The number of nitrogens with one attached hydrogen (secondary N) is 1. The van der Waals surface area contributed by atoms with E-state index in [1.807, 2.05) is 16.4 Å². The summed E-state index contributed by atoms with van der Waals surface area (Å²) in [6.07, 6.45) is 2.75. The summed E-state index contributed by atoms with van der Waals surface area (Å²) >= 11 is 1.95. The molecule has 1 aromatic carbocycles. The Morgan fingerprint density at radius 1 is 1.43 bits per heavy atom. The second-order valence-electron chi connectivity index (χ2n) is 5.08. The van der Waals surface area contributed by atoms with Crippen molar-refractivity contribution < 1.29 is 4.74 Å². The van der Waals surface area contributed by atoms with Gasteiger partial charge in [-0.25, -0.2) is 9.67 Å². The van der Waals surface area contributed by atoms with Gasteiger partial charge < -0.3 is 10.1 Å². The third-order valence-corrected chi connectivity index (χ3v) is 4.85. The molecule has 3 rings (SSSR count). The molecule has 1 aliphatic rings. The Labute approximate surface area is 129 Å². The molecule has 112 valence electrons. The van der Waals surface area contributed by atoms with E-state index in [0.29, 0.717) is 11.9 Å². The second kappa shape index (κ2) is 7.06. The van der Waals surface area contributed by atoms with Gasteiger partial charge in [0.25, 0.3) is 0 Å². The van der Waals surface area contributed by atoms with Crippen molar-refractivity contribution in [2.24, 2.45) is 0 Å². The molecule has 21 heavy (non-hydrogen) atoms. The van der Waals surface area contributed by atoms with Gasteiger partial charge in [0.05, 0.1) is 19.7 Å². The van der Waals surface area contributed by atoms with E-state index in [1.54, 1.807) is 13.4 Å². The first kappa shape index (κ1) is 14.6. The van der Waals surface area contributed by atoms with Crippen LogP contribution < -0.4 is 5.32 Å². The lowest BCUT2D eigenvalue weighted by Gasteiger charge is -2.11. The summed E-state index contributed by atoms with van der Waals surface area (Å²) in [6.45, 7) is 3.17. The Morgan fingerprint density at radius 3 is 3.19 bits per heavy atom. The van der Waals surface area contributed by atoms with Crippen LogP contribution in [0.1, 0.15) is 11.4 Å². The zero-order valence-electron chi connectivity index (χ0n) is 12.2. The fourth-order valence-electron chi connectivity index (χ4n) is 2.50. The van der Waals surface area contributed by atoms with Gasteiger partial charge in [-0.2, -0.15) is 5.10 Å². The van der Waals surface area contributed by atoms with Crippen LogP contribution in [0.5, 0.6) is 0 Å². The SMILES string of the molecule is COCCNCc1ncnn1CC1Cc2ccccc2S1. The Bertz CT molecular complexity index is 562. The average Bonchev–Trinajstić information content (AvgIpc) is 3.10. The van der Waals surface area contributed by atoms with Crippen molar-refractivity contribution in [2.45, 2.75) is 29.7 Å². The molecule has 0 bridgehead atoms. The second-order valence-corrected chi connectivity index (χ2v) is 6.42. The highest BCUT2D eigenvalue weighted by molar-refractivity contribution is 8.00. The maximum Gasteiger partial charge on any atom is 0.140 e. The smallest absolute Gasteiger partial charge is 0.140 e. The highest BCUT2D eigenvalue weighted by Crippen LogP contribution is 2.37. The van der Waals surface area contributed by atoms with Gasteiger partial charge in [0.1, 0.15) is 12.2 Å². The van der Waals surface area contributed by atoms with Crippen molar-refractivity contribution in [3.63, 3.8) is 0 Å². The summed E-state index contributed by atoms with van der Waals surface area (Å²) in [6, 6.07) is 8.64. The fraction of sp³-hybridized carbons (Fsp3) is 0.467. The first-order valence-corrected chi connectivity index (χ1v) is 8.05. The third kappa shape index (κ3) is 3.64. The van der Waals surface area contributed by atoms with Crippen LogP contribution in [0.2, 0.25) is 0 Å². The minimum absolute atomic E-state index is 0.543. The first-order chi connectivity index (χ1) is 10.4. The Morgan fingerprint density at radius 2 is 2.33 bits per heavy atom. The molecule has 2 aromatic rings. The molecule has 1 aromatic heterocycles. The van der Waals surface area contributed by atoms with Gasteiger partial charge in [0.2, 0.25) is 0 Å². The molecule has 1 unspecified atom stereocenters. The topological polar surface area (TPSA) is 52.0 Å². The van der Waals surface area contributed by atoms with Crippen molar-refractivity contribution >= 4 is 11.8 Å². The molecule has 1 aliphatic heterocycles. The molecule has 0 amide bonds. The molecule has 0 aliphatic carbocycles. The van der Waals surface area contributed by atoms with Crippen LogP contribution in [0.3, 0.4) is 0 Å². The summed E-state index contributed by atoms with van der Waals surface area (Å²) in [4.78, 5) is 5.75. The van der Waals surface area contributed by atoms with E-state index < -0.39 is 0 Å². The van der Waals surface area contributed by atoms with Crippen LogP contribution in [0.4, 0.5) is 0 Å². The fourth-order valence-corrected chi connectivity index (χ4v) is 3.80. The van der Waals surface area contributed by atoms with Crippen molar-refractivity contribution in [1.29, 1.82) is 0 Å². The van der Waals surface area contributed by atoms with Crippen molar-refractivity contribution in [3.05, 3.63) is 42.0 Å². The van der Waals surface area contributed by atoms with E-state index in [1.165, 1.54) is 10.5 Å². The molecule has 6 heteroatoms. The molecule has 0 spiro atoms. The van der Waals surface area contributed by atoms with Gasteiger partial charge >= 0.3 is 0 Å². The van der Waals surface area contributed by atoms with Gasteiger partial charge in [-0.1, -0.05) is 18.2 Å². The highest BCUT2D eigenvalue weighted by Gasteiger charge is 2.23. The lowest BCUT2D eigenvalue weighted by molar-refractivity contribution is 0.198. The molecule has 5 nitrogen and oxygen atoms in total. The molecular weight excluding hydrogens is 284 g/mol. The van der Waals surface area contributed by atoms with Crippen molar-refractivity contribution in [1.82, 2.24) is 20.1 Å². The molecular formula is C15H20N4OS. The van der Waals surface area contributed by atoms with Gasteiger partial charge in [-0.15, -0.1) is 11.8 Å². The van der Waals surface area contributed by atoms with E-state index in [4.69, 9.17) is 4.74 Å². The van der Waals surface area contributed by atoms with E-state index in [0.717, 1.165) is 31.9 Å². The number of aromatic nitrogens is 3. The Balaban J connectivity index is 1.56. The van der Waals surface area contributed by atoms with Gasteiger partial charge in [-0.3, -0.25) is 0 Å². The zero-order chi connectivity index (χ0) is 14.5. The van der Waals surface area contributed by atoms with Crippen molar-refractivity contribution in [2.75, 3.05) is 20.3 Å². The first-order valence-electron chi connectivity index (χ1n) is 7.17. The van der Waals surface area contributed by atoms with Gasteiger partial charge in [0.15, 0.2) is 0 Å². The maximum absolute atomic E-state index is 5.03. The molecule has 1 N–H and O–H groups in total. The minimum Gasteiger partial charge on any atom is -0.383 e. The molecule has 0 radical (unpaired) electrons. The van der Waals surface area contributed by atoms with Gasteiger partial charge in [-0.05, 0) is 18.1 Å². The monoisotopic (exact) mass is 304 g/mol. The summed E-state index contributed by atoms with van der Waals surface area (Å²) < 4.78 is 7.04. The number of nitrogens with zero attached hydrogens (tertiary/aromatic N) is 3. The number of rotatable bonds is 7. The molecule has 0 fully saturated rings. The van der Waals surface area contributed by atoms with E-state index in [2.05, 4.69) is 39.7 Å². The molecule has 2 heterocycles. The van der Waals surface area contributed by atoms with Crippen LogP contribution in [0.15, 0.2) is 35.5 Å². The van der Waals surface area contributed by atoms with Crippen LogP contribution in [-0.2, 0) is 24.2 Å². The quantitative estimate of drug-likeness (QED) is 0.790. The summed E-state index contributed by atoms with van der Waals surface area (Å²) in [5.74, 6) is 0.989. The summed E-state index contributed by atoms with van der Waals surface area (Å²) in [5.41, 5.74) is 1.45. The van der Waals surface area contributed by atoms with Crippen molar-refractivity contribution in [3.8, 4) is 0 Å². The van der Waals surface area contributed by atoms with E-state index in [9.17, 15) is 0 Å². The largest absolute Gasteiger partial charge is 0.383 e. The number of hydrogen-bond acceptors (Lipinski definition) is 5. The van der Waals surface area contributed by atoms with E-state index >= 15 is 0 Å². The van der Waals surface area contributed by atoms with E-state index in [-0.39, 0.29) is 0 Å². The maximum atomic E-state index is 5.03. The normalized spacial score (nSPS) is 17.1. The van der Waals surface area contributed by atoms with Crippen LogP contribution in [-0.4, -0.2) is 40.3 Å². The van der Waals surface area contributed by atoms with Crippen LogP contribution in [0, 0.1) is 0 Å². The van der Waals surface area contributed by atoms with Crippen LogP contribution >= 0.6 is 11.8 Å². The Hall–Kier alpha value is -1.37.